The maximum Gasteiger partial charge on any atom is 0.318 e. The number of hydrogen-bond donors (Lipinski definition) is 2. The largest absolute Gasteiger partial charge is 0.465 e. The molecule has 3 aliphatic rings. The molecule has 2 aliphatic carbocycles. The van der Waals surface area contributed by atoms with Gasteiger partial charge in [0, 0.05) is 13.5 Å². The zero-order chi connectivity index (χ0) is 18.0. The van der Waals surface area contributed by atoms with Gasteiger partial charge in [-0.3, -0.25) is 14.4 Å². The fourth-order valence-electron chi connectivity index (χ4n) is 5.25. The molecule has 7 heteroatoms. The minimum atomic E-state index is -2.17. The van der Waals surface area contributed by atoms with E-state index in [0.717, 1.165) is 0 Å². The summed E-state index contributed by atoms with van der Waals surface area (Å²) >= 11 is 0. The second-order valence-corrected chi connectivity index (χ2v) is 6.80. The van der Waals surface area contributed by atoms with E-state index in [0.29, 0.717) is 5.56 Å². The van der Waals surface area contributed by atoms with Gasteiger partial charge in [-0.2, -0.15) is 0 Å². The molecule has 25 heavy (non-hydrogen) atoms. The van der Waals surface area contributed by atoms with Crippen molar-refractivity contribution in [2.75, 3.05) is 13.7 Å². The molecule has 0 unspecified atom stereocenters. The lowest BCUT2D eigenvalue weighted by molar-refractivity contribution is -0.172. The van der Waals surface area contributed by atoms with Crippen LogP contribution in [-0.4, -0.2) is 48.2 Å². The van der Waals surface area contributed by atoms with E-state index in [4.69, 9.17) is 9.47 Å². The number of methoxy groups -OCH3 is 1. The zero-order valence-electron chi connectivity index (χ0n) is 13.9. The number of Topliss-reactive ketones (excluding diaryl/α,β-unsaturated/α-hetero) is 1. The monoisotopic (exact) mass is 345 g/mol. The Kier molecular flexibility index (Phi) is 3.18. The number of aliphatic hydroxyl groups is 1. The fraction of sp³-hybridized carbons (Fsp3) is 0.500. The maximum atomic E-state index is 13.0. The van der Waals surface area contributed by atoms with E-state index >= 15 is 0 Å². The minimum absolute atomic E-state index is 0.0756. The van der Waals surface area contributed by atoms with Gasteiger partial charge in [0.15, 0.2) is 5.60 Å². The topological polar surface area (TPSA) is 102 Å². The molecule has 132 valence electrons. The van der Waals surface area contributed by atoms with Crippen LogP contribution in [0.5, 0.6) is 0 Å². The smallest absolute Gasteiger partial charge is 0.318 e. The molecule has 0 spiro atoms. The summed E-state index contributed by atoms with van der Waals surface area (Å²) in [6.45, 7) is 1.72. The lowest BCUT2D eigenvalue weighted by Crippen LogP contribution is -2.63. The molecule has 1 aliphatic heterocycles. The SMILES string of the molecule is CCOC(=O)[C@@]12CC(=O)[C@H]3[C@H](OC)[C@]1(c1ccccc1)NC(=O)[C@]32O. The fourth-order valence-corrected chi connectivity index (χ4v) is 5.25. The average molecular weight is 345 g/mol. The Labute approximate surface area is 144 Å². The van der Waals surface area contributed by atoms with Gasteiger partial charge in [0.25, 0.3) is 5.91 Å². The Balaban J connectivity index is 2.06. The third kappa shape index (κ3) is 1.44. The molecule has 2 saturated carbocycles. The van der Waals surface area contributed by atoms with Crippen LogP contribution in [0, 0.1) is 11.3 Å². The number of ketones is 1. The Bertz CT molecular complexity index is 779. The maximum absolute atomic E-state index is 13.0. The van der Waals surface area contributed by atoms with Crippen molar-refractivity contribution in [3.8, 4) is 0 Å². The lowest BCUT2D eigenvalue weighted by Gasteiger charge is -2.45. The van der Waals surface area contributed by atoms with Crippen molar-refractivity contribution in [3.05, 3.63) is 35.9 Å². The van der Waals surface area contributed by atoms with Crippen molar-refractivity contribution in [1.29, 1.82) is 0 Å². The predicted molar refractivity (Wildman–Crippen MR) is 84.2 cm³/mol. The molecule has 1 amide bonds. The third-order valence-electron chi connectivity index (χ3n) is 6.05. The van der Waals surface area contributed by atoms with Crippen molar-refractivity contribution in [1.82, 2.24) is 5.32 Å². The number of esters is 1. The molecular formula is C18H19NO6. The van der Waals surface area contributed by atoms with E-state index in [1.165, 1.54) is 7.11 Å². The quantitative estimate of drug-likeness (QED) is 0.740. The highest BCUT2D eigenvalue weighted by atomic mass is 16.5. The van der Waals surface area contributed by atoms with Gasteiger partial charge < -0.3 is 19.9 Å². The van der Waals surface area contributed by atoms with E-state index in [-0.39, 0.29) is 18.8 Å². The number of nitrogens with one attached hydrogen (secondary N) is 1. The van der Waals surface area contributed by atoms with Crippen molar-refractivity contribution >= 4 is 17.7 Å². The van der Waals surface area contributed by atoms with Gasteiger partial charge in [-0.15, -0.1) is 0 Å². The number of amides is 1. The van der Waals surface area contributed by atoms with Gasteiger partial charge in [-0.05, 0) is 12.5 Å². The molecular weight excluding hydrogens is 326 g/mol. The normalized spacial score (nSPS) is 41.1. The van der Waals surface area contributed by atoms with Gasteiger partial charge in [-0.25, -0.2) is 0 Å². The van der Waals surface area contributed by atoms with E-state index in [1.807, 2.05) is 0 Å². The molecule has 3 fully saturated rings. The number of carbonyl (C=O) groups is 3. The van der Waals surface area contributed by atoms with Crippen molar-refractivity contribution in [3.63, 3.8) is 0 Å². The standard InChI is InChI=1S/C18H19NO6/c1-3-25-15(22)16-9-11(20)12-13(24-2)17(16,10-7-5-4-6-8-10)19-14(21)18(12,16)23/h4-8,12-13,23H,3,9H2,1-2H3,(H,19,21)/t12-,13-,16-,17-,18+/m0/s1. The Morgan fingerprint density at radius 1 is 1.32 bits per heavy atom. The van der Waals surface area contributed by atoms with E-state index in [1.54, 1.807) is 37.3 Å². The molecule has 1 aromatic rings. The molecule has 1 saturated heterocycles. The Morgan fingerprint density at radius 2 is 2.00 bits per heavy atom. The van der Waals surface area contributed by atoms with Crippen LogP contribution in [0.4, 0.5) is 0 Å². The van der Waals surface area contributed by atoms with E-state index in [9.17, 15) is 19.5 Å². The summed E-state index contributed by atoms with van der Waals surface area (Å²) in [5.41, 5.74) is -4.65. The van der Waals surface area contributed by atoms with Gasteiger partial charge in [0.05, 0.1) is 18.6 Å². The summed E-state index contributed by atoms with van der Waals surface area (Å²) in [5.74, 6) is -2.94. The van der Waals surface area contributed by atoms with Crippen LogP contribution in [0.3, 0.4) is 0 Å². The number of carbonyl (C=O) groups excluding carboxylic acids is 3. The van der Waals surface area contributed by atoms with Crippen LogP contribution >= 0.6 is 0 Å². The van der Waals surface area contributed by atoms with E-state index in [2.05, 4.69) is 5.32 Å². The van der Waals surface area contributed by atoms with Gasteiger partial charge in [-0.1, -0.05) is 30.3 Å². The molecule has 0 radical (unpaired) electrons. The minimum Gasteiger partial charge on any atom is -0.465 e. The first-order chi connectivity index (χ1) is 11.9. The molecule has 4 bridgehead atoms. The number of piperidine rings is 1. The lowest BCUT2D eigenvalue weighted by atomic mass is 9.63. The summed E-state index contributed by atoms with van der Waals surface area (Å²) in [7, 11) is 1.41. The van der Waals surface area contributed by atoms with Crippen LogP contribution in [0.15, 0.2) is 30.3 Å². The van der Waals surface area contributed by atoms with Crippen molar-refractivity contribution < 1.29 is 29.0 Å². The van der Waals surface area contributed by atoms with Gasteiger partial charge in [0.2, 0.25) is 0 Å². The molecule has 0 aromatic heterocycles. The molecule has 4 rings (SSSR count). The molecule has 5 atom stereocenters. The summed E-state index contributed by atoms with van der Waals surface area (Å²) < 4.78 is 10.8. The molecule has 2 N–H and O–H groups in total. The van der Waals surface area contributed by atoms with Crippen LogP contribution in [0.25, 0.3) is 0 Å². The summed E-state index contributed by atoms with van der Waals surface area (Å²) in [5, 5.41) is 14.1. The van der Waals surface area contributed by atoms with Crippen molar-refractivity contribution in [2.45, 2.75) is 30.6 Å². The third-order valence-corrected chi connectivity index (χ3v) is 6.05. The average Bonchev–Trinajstić information content (AvgIpc) is 3.05. The first-order valence-corrected chi connectivity index (χ1v) is 8.25. The number of ether oxygens (including phenoxy) is 2. The van der Waals surface area contributed by atoms with E-state index < -0.39 is 40.5 Å². The molecule has 1 aromatic carbocycles. The predicted octanol–water partition coefficient (Wildman–Crippen LogP) is -0.0901. The van der Waals surface area contributed by atoms with Gasteiger partial charge >= 0.3 is 5.97 Å². The highest BCUT2D eigenvalue weighted by Crippen LogP contribution is 2.72. The summed E-state index contributed by atoms with van der Waals surface area (Å²) in [6, 6.07) is 8.86. The molecule has 1 heterocycles. The number of benzene rings is 1. The number of hydrogen-bond acceptors (Lipinski definition) is 6. The Hall–Kier alpha value is -2.25. The summed E-state index contributed by atoms with van der Waals surface area (Å²) in [6.07, 6.45) is -1.12. The highest BCUT2D eigenvalue weighted by molar-refractivity contribution is 6.12. The van der Waals surface area contributed by atoms with Crippen molar-refractivity contribution in [2.24, 2.45) is 11.3 Å². The summed E-state index contributed by atoms with van der Waals surface area (Å²) in [4.78, 5) is 38.4. The molecule has 7 nitrogen and oxygen atoms in total. The highest BCUT2D eigenvalue weighted by Gasteiger charge is 2.93. The Morgan fingerprint density at radius 3 is 2.60 bits per heavy atom. The van der Waals surface area contributed by atoms with Gasteiger partial charge in [0.1, 0.15) is 16.7 Å². The zero-order valence-corrected chi connectivity index (χ0v) is 13.9. The second-order valence-electron chi connectivity index (χ2n) is 6.80. The number of rotatable bonds is 4. The first kappa shape index (κ1) is 16.2. The first-order valence-electron chi connectivity index (χ1n) is 8.25. The second kappa shape index (κ2) is 4.89. The van der Waals surface area contributed by atoms with Crippen LogP contribution in [0.2, 0.25) is 0 Å². The van der Waals surface area contributed by atoms with Crippen LogP contribution in [-0.2, 0) is 29.4 Å². The van der Waals surface area contributed by atoms with Crippen LogP contribution in [0.1, 0.15) is 18.9 Å². The van der Waals surface area contributed by atoms with Crippen LogP contribution < -0.4 is 5.32 Å².